The lowest BCUT2D eigenvalue weighted by atomic mass is 10.1. The molecule has 0 saturated carbocycles. The Balaban J connectivity index is 1.74. The van der Waals surface area contributed by atoms with Gasteiger partial charge in [0, 0.05) is 30.2 Å². The van der Waals surface area contributed by atoms with E-state index in [0.717, 1.165) is 34.0 Å². The number of pyridine rings is 1. The van der Waals surface area contributed by atoms with E-state index in [1.54, 1.807) is 6.20 Å². The molecule has 4 rings (SSSR count). The van der Waals surface area contributed by atoms with E-state index in [4.69, 9.17) is 4.99 Å². The van der Waals surface area contributed by atoms with Crippen LogP contribution in [0.5, 0.6) is 0 Å². The van der Waals surface area contributed by atoms with Gasteiger partial charge in [-0.1, -0.05) is 24.3 Å². The lowest BCUT2D eigenvalue weighted by Gasteiger charge is -2.12. The van der Waals surface area contributed by atoms with Crippen molar-refractivity contribution in [3.63, 3.8) is 0 Å². The van der Waals surface area contributed by atoms with E-state index < -0.39 is 0 Å². The van der Waals surface area contributed by atoms with Crippen molar-refractivity contribution in [1.29, 1.82) is 0 Å². The van der Waals surface area contributed by atoms with Gasteiger partial charge in [-0.05, 0) is 48.4 Å². The Labute approximate surface area is 141 Å². The topological polar surface area (TPSA) is 49.3 Å². The van der Waals surface area contributed by atoms with E-state index in [-0.39, 0.29) is 0 Å². The highest BCUT2D eigenvalue weighted by molar-refractivity contribution is 6.07. The van der Waals surface area contributed by atoms with Gasteiger partial charge in [0.25, 0.3) is 0 Å². The van der Waals surface area contributed by atoms with Crippen LogP contribution in [0.3, 0.4) is 0 Å². The molecule has 0 spiro atoms. The van der Waals surface area contributed by atoms with Crippen molar-refractivity contribution >= 4 is 22.9 Å². The van der Waals surface area contributed by atoms with Crippen LogP contribution in [-0.4, -0.2) is 10.8 Å². The first-order valence-electron chi connectivity index (χ1n) is 7.98. The standard InChI is InChI=1S/C20H18N4/c1-14-8-9-18-19(11-14)24-20(16-6-2-3-7-17(16)23-18)22-13-15-5-4-10-21-12-15/h2-12,23H,13H2,1H3,(H,22,24). The normalized spacial score (nSPS) is 12.3. The number of nitrogens with zero attached hydrogens (tertiary/aromatic N) is 2. The minimum atomic E-state index is 0.683. The fourth-order valence-corrected chi connectivity index (χ4v) is 2.79. The average Bonchev–Trinajstić information content (AvgIpc) is 2.77. The number of para-hydroxylation sites is 1. The Kier molecular flexibility index (Phi) is 3.71. The molecule has 1 aliphatic heterocycles. The fourth-order valence-electron chi connectivity index (χ4n) is 2.79. The largest absolute Gasteiger partial charge is 0.365 e. The lowest BCUT2D eigenvalue weighted by molar-refractivity contribution is 0.907. The number of amidine groups is 1. The summed E-state index contributed by atoms with van der Waals surface area (Å²) < 4.78 is 0. The predicted octanol–water partition coefficient (Wildman–Crippen LogP) is 4.32. The molecule has 0 amide bonds. The highest BCUT2D eigenvalue weighted by Crippen LogP contribution is 2.34. The summed E-state index contributed by atoms with van der Waals surface area (Å²) in [7, 11) is 0. The van der Waals surface area contributed by atoms with Crippen molar-refractivity contribution in [3.8, 4) is 0 Å². The molecule has 0 atom stereocenters. The molecule has 1 aromatic heterocycles. The highest BCUT2D eigenvalue weighted by Gasteiger charge is 2.15. The van der Waals surface area contributed by atoms with Gasteiger partial charge in [0.1, 0.15) is 5.84 Å². The summed E-state index contributed by atoms with van der Waals surface area (Å²) in [5.41, 5.74) is 6.40. The first-order chi connectivity index (χ1) is 11.8. The molecule has 0 saturated heterocycles. The summed E-state index contributed by atoms with van der Waals surface area (Å²) in [5.74, 6) is 0.867. The summed E-state index contributed by atoms with van der Waals surface area (Å²) >= 11 is 0. The number of anilines is 2. The summed E-state index contributed by atoms with van der Waals surface area (Å²) in [6.45, 7) is 2.76. The van der Waals surface area contributed by atoms with Crippen LogP contribution in [0.4, 0.5) is 17.1 Å². The van der Waals surface area contributed by atoms with Gasteiger partial charge in [0.15, 0.2) is 0 Å². The molecule has 0 bridgehead atoms. The molecule has 2 aromatic carbocycles. The number of nitrogens with one attached hydrogen (secondary N) is 2. The Morgan fingerprint density at radius 1 is 1.00 bits per heavy atom. The molecule has 4 heteroatoms. The van der Waals surface area contributed by atoms with Crippen LogP contribution in [-0.2, 0) is 6.54 Å². The third kappa shape index (κ3) is 2.86. The Hall–Kier alpha value is -3.14. The van der Waals surface area contributed by atoms with Gasteiger partial charge in [-0.15, -0.1) is 0 Å². The van der Waals surface area contributed by atoms with E-state index in [2.05, 4.69) is 58.9 Å². The van der Waals surface area contributed by atoms with E-state index in [1.165, 1.54) is 5.56 Å². The lowest BCUT2D eigenvalue weighted by Crippen LogP contribution is -2.24. The Morgan fingerprint density at radius 2 is 1.92 bits per heavy atom. The quantitative estimate of drug-likeness (QED) is 0.741. The van der Waals surface area contributed by atoms with Crippen molar-refractivity contribution in [2.75, 3.05) is 5.32 Å². The number of benzene rings is 2. The minimum Gasteiger partial charge on any atom is -0.365 e. The fraction of sp³-hybridized carbons (Fsp3) is 0.100. The van der Waals surface area contributed by atoms with Crippen molar-refractivity contribution < 1.29 is 0 Å². The van der Waals surface area contributed by atoms with Gasteiger partial charge in [-0.2, -0.15) is 0 Å². The van der Waals surface area contributed by atoms with Gasteiger partial charge < -0.3 is 10.6 Å². The molecule has 24 heavy (non-hydrogen) atoms. The second-order valence-corrected chi connectivity index (χ2v) is 5.87. The van der Waals surface area contributed by atoms with Crippen LogP contribution in [0.2, 0.25) is 0 Å². The summed E-state index contributed by atoms with van der Waals surface area (Å²) in [5, 5.41) is 6.96. The van der Waals surface area contributed by atoms with Gasteiger partial charge in [-0.25, -0.2) is 4.99 Å². The van der Waals surface area contributed by atoms with E-state index in [9.17, 15) is 0 Å². The van der Waals surface area contributed by atoms with Gasteiger partial charge in [-0.3, -0.25) is 4.98 Å². The van der Waals surface area contributed by atoms with Gasteiger partial charge in [0.05, 0.1) is 11.4 Å². The van der Waals surface area contributed by atoms with Crippen molar-refractivity contribution in [1.82, 2.24) is 10.3 Å². The summed E-state index contributed by atoms with van der Waals surface area (Å²) in [4.78, 5) is 9.05. The third-order valence-electron chi connectivity index (χ3n) is 4.02. The molecule has 4 nitrogen and oxygen atoms in total. The minimum absolute atomic E-state index is 0.683. The zero-order valence-electron chi connectivity index (χ0n) is 13.5. The van der Waals surface area contributed by atoms with Crippen LogP contribution < -0.4 is 10.6 Å². The SMILES string of the molecule is Cc1ccc2c(c1)N=C(NCc1cccnc1)c1ccccc1N2. The van der Waals surface area contributed by atoms with Crippen LogP contribution in [0, 0.1) is 6.92 Å². The number of aromatic nitrogens is 1. The number of fused-ring (bicyclic) bond motifs is 2. The number of hydrogen-bond acceptors (Lipinski definition) is 4. The zero-order valence-corrected chi connectivity index (χ0v) is 13.5. The predicted molar refractivity (Wildman–Crippen MR) is 98.2 cm³/mol. The van der Waals surface area contributed by atoms with Crippen molar-refractivity contribution in [2.45, 2.75) is 13.5 Å². The molecular formula is C20H18N4. The zero-order chi connectivity index (χ0) is 16.4. The first-order valence-corrected chi connectivity index (χ1v) is 7.98. The van der Waals surface area contributed by atoms with Crippen molar-refractivity contribution in [2.24, 2.45) is 4.99 Å². The highest BCUT2D eigenvalue weighted by atomic mass is 15.0. The Morgan fingerprint density at radius 3 is 2.79 bits per heavy atom. The van der Waals surface area contributed by atoms with Crippen LogP contribution in [0.25, 0.3) is 0 Å². The molecule has 3 aromatic rings. The molecule has 0 unspecified atom stereocenters. The van der Waals surface area contributed by atoms with E-state index in [0.29, 0.717) is 6.54 Å². The first kappa shape index (κ1) is 14.5. The molecule has 118 valence electrons. The maximum absolute atomic E-state index is 4.88. The average molecular weight is 314 g/mol. The second-order valence-electron chi connectivity index (χ2n) is 5.87. The van der Waals surface area contributed by atoms with Gasteiger partial charge in [0.2, 0.25) is 0 Å². The molecule has 0 aliphatic carbocycles. The van der Waals surface area contributed by atoms with Crippen LogP contribution >= 0.6 is 0 Å². The van der Waals surface area contributed by atoms with Crippen LogP contribution in [0.1, 0.15) is 16.7 Å². The summed E-state index contributed by atoms with van der Waals surface area (Å²) in [6.07, 6.45) is 3.65. The second kappa shape index (κ2) is 6.16. The smallest absolute Gasteiger partial charge is 0.136 e. The maximum atomic E-state index is 4.88. The summed E-state index contributed by atoms with van der Waals surface area (Å²) in [6, 6.07) is 18.5. The van der Waals surface area contributed by atoms with E-state index >= 15 is 0 Å². The number of hydrogen-bond donors (Lipinski definition) is 2. The van der Waals surface area contributed by atoms with Crippen molar-refractivity contribution in [3.05, 3.63) is 83.7 Å². The Bertz CT molecular complexity index is 901. The molecule has 0 radical (unpaired) electrons. The number of aliphatic imine (C=N–C) groups is 1. The van der Waals surface area contributed by atoms with Crippen LogP contribution in [0.15, 0.2) is 72.0 Å². The maximum Gasteiger partial charge on any atom is 0.136 e. The monoisotopic (exact) mass is 314 g/mol. The molecule has 2 N–H and O–H groups in total. The molecule has 2 heterocycles. The third-order valence-corrected chi connectivity index (χ3v) is 4.02. The van der Waals surface area contributed by atoms with Gasteiger partial charge >= 0.3 is 0 Å². The molecule has 1 aliphatic rings. The van der Waals surface area contributed by atoms with E-state index in [1.807, 2.05) is 24.4 Å². The number of rotatable bonds is 2. The number of aryl methyl sites for hydroxylation is 1. The molecule has 0 fully saturated rings. The molecular weight excluding hydrogens is 296 g/mol.